The number of carbonyl (C=O) groups is 1. The second-order valence-corrected chi connectivity index (χ2v) is 7.98. The Hall–Kier alpha value is -2.85. The van der Waals surface area contributed by atoms with E-state index >= 15 is 0 Å². The molecule has 1 aromatic carbocycles. The first kappa shape index (κ1) is 41.6. The Balaban J connectivity index is -0.000000677. The van der Waals surface area contributed by atoms with Crippen molar-refractivity contribution in [1.29, 1.82) is 0 Å². The van der Waals surface area contributed by atoms with Crippen LogP contribution >= 0.6 is 11.3 Å². The Labute approximate surface area is 252 Å². The molecule has 4 heteroatoms. The lowest BCUT2D eigenvalue weighted by Gasteiger charge is -2.33. The van der Waals surface area contributed by atoms with Crippen LogP contribution in [-0.2, 0) is 13.1 Å². The van der Waals surface area contributed by atoms with Gasteiger partial charge in [-0.3, -0.25) is 4.79 Å². The molecule has 3 aromatic rings. The molecule has 2 aromatic heterocycles. The highest BCUT2D eigenvalue weighted by Gasteiger charge is 2.33. The lowest BCUT2D eigenvalue weighted by Crippen LogP contribution is -2.42. The number of carbonyl (C=O) groups excluding carboxylic acids is 1. The number of hydrogen-bond acceptors (Lipinski definition) is 2. The molecule has 1 aliphatic carbocycles. The van der Waals surface area contributed by atoms with E-state index in [-0.39, 0.29) is 11.9 Å². The molecule has 40 heavy (non-hydrogen) atoms. The number of hydrogen-bond donors (Lipinski definition) is 0. The zero-order valence-corrected chi connectivity index (χ0v) is 28.8. The van der Waals surface area contributed by atoms with Gasteiger partial charge in [-0.2, -0.15) is 11.3 Å². The smallest absolute Gasteiger partial charge is 0.254 e. The van der Waals surface area contributed by atoms with E-state index < -0.39 is 0 Å². The van der Waals surface area contributed by atoms with E-state index in [0.717, 1.165) is 12.1 Å². The van der Waals surface area contributed by atoms with E-state index in [4.69, 9.17) is 0 Å². The molecular weight excluding hydrogens is 508 g/mol. The fourth-order valence-corrected chi connectivity index (χ4v) is 4.17. The standard InChI is InChI=1S/C20H20N2O.C4H4S.6C2H6/c1-15-8-10-16(11-9-15)20(23)22-14-18-6-4-12-21(18)13-17-5-2-3-7-19(17)22;1-2-4-5-3-1;6*1-2/h2-12,17,19H,13-14H2,1H3;1-4H;6*1-2H3. The van der Waals surface area contributed by atoms with Crippen molar-refractivity contribution >= 4 is 17.2 Å². The predicted molar refractivity (Wildman–Crippen MR) is 183 cm³/mol. The van der Waals surface area contributed by atoms with E-state index in [1.807, 2.05) is 142 Å². The number of nitrogens with zero attached hydrogens (tertiary/aromatic N) is 2. The largest absolute Gasteiger partial charge is 0.349 e. The summed E-state index contributed by atoms with van der Waals surface area (Å²) >= 11 is 1.71. The number of aryl methyl sites for hydroxylation is 1. The zero-order valence-electron chi connectivity index (χ0n) is 27.9. The van der Waals surface area contributed by atoms with Crippen molar-refractivity contribution in [2.24, 2.45) is 5.92 Å². The number of thiophene rings is 1. The molecule has 0 bridgehead atoms. The van der Waals surface area contributed by atoms with Crippen LogP contribution in [0.1, 0.15) is 105 Å². The average Bonchev–Trinajstić information content (AvgIpc) is 3.76. The summed E-state index contributed by atoms with van der Waals surface area (Å²) in [6, 6.07) is 16.2. The molecule has 0 saturated heterocycles. The van der Waals surface area contributed by atoms with E-state index in [2.05, 4.69) is 47.2 Å². The summed E-state index contributed by atoms with van der Waals surface area (Å²) < 4.78 is 2.27. The third-order valence-electron chi connectivity index (χ3n) is 5.22. The second kappa shape index (κ2) is 29.1. The van der Waals surface area contributed by atoms with E-state index in [0.29, 0.717) is 12.5 Å². The van der Waals surface area contributed by atoms with E-state index in [9.17, 15) is 4.79 Å². The summed E-state index contributed by atoms with van der Waals surface area (Å²) in [5.41, 5.74) is 3.13. The monoisotopic (exact) mass is 568 g/mol. The third kappa shape index (κ3) is 14.5. The van der Waals surface area contributed by atoms with Gasteiger partial charge in [0.05, 0.1) is 12.6 Å². The molecule has 2 unspecified atom stereocenters. The lowest BCUT2D eigenvalue weighted by molar-refractivity contribution is 0.0671. The van der Waals surface area contributed by atoms with Crippen molar-refractivity contribution in [1.82, 2.24) is 9.47 Å². The molecule has 0 radical (unpaired) electrons. The topological polar surface area (TPSA) is 25.2 Å². The van der Waals surface area contributed by atoms with Crippen LogP contribution in [0.2, 0.25) is 0 Å². The lowest BCUT2D eigenvalue weighted by atomic mass is 9.93. The minimum Gasteiger partial charge on any atom is -0.349 e. The van der Waals surface area contributed by atoms with E-state index in [1.165, 1.54) is 11.3 Å². The van der Waals surface area contributed by atoms with Crippen molar-refractivity contribution in [3.05, 3.63) is 107 Å². The van der Waals surface area contributed by atoms with Crippen LogP contribution in [0.15, 0.2) is 89.8 Å². The third-order valence-corrected chi connectivity index (χ3v) is 5.85. The van der Waals surface area contributed by atoms with Gasteiger partial charge in [0.2, 0.25) is 0 Å². The second-order valence-electron chi connectivity index (χ2n) is 7.17. The highest BCUT2D eigenvalue weighted by Crippen LogP contribution is 2.28. The molecule has 3 nitrogen and oxygen atoms in total. The van der Waals surface area contributed by atoms with Crippen molar-refractivity contribution in [2.75, 3.05) is 0 Å². The highest BCUT2D eigenvalue weighted by atomic mass is 32.1. The molecular formula is C36H60N2OS. The van der Waals surface area contributed by atoms with Crippen molar-refractivity contribution in [3.63, 3.8) is 0 Å². The van der Waals surface area contributed by atoms with Crippen LogP contribution in [0.25, 0.3) is 0 Å². The van der Waals surface area contributed by atoms with Crippen LogP contribution in [-0.4, -0.2) is 21.4 Å². The van der Waals surface area contributed by atoms with Crippen molar-refractivity contribution in [3.8, 4) is 0 Å². The van der Waals surface area contributed by atoms with Gasteiger partial charge in [0.1, 0.15) is 0 Å². The van der Waals surface area contributed by atoms with Gasteiger partial charge in [0.15, 0.2) is 0 Å². The molecule has 3 heterocycles. The molecule has 0 N–H and O–H groups in total. The van der Waals surface area contributed by atoms with Crippen LogP contribution in [0, 0.1) is 12.8 Å². The molecule has 2 aliphatic rings. The molecule has 2 atom stereocenters. The molecule has 226 valence electrons. The number of amides is 1. The summed E-state index contributed by atoms with van der Waals surface area (Å²) in [5.74, 6) is 0.428. The summed E-state index contributed by atoms with van der Waals surface area (Å²) in [6.45, 7) is 27.6. The molecule has 0 spiro atoms. The van der Waals surface area contributed by atoms with Gasteiger partial charge in [-0.1, -0.05) is 137 Å². The van der Waals surface area contributed by atoms with E-state index in [1.54, 1.807) is 11.3 Å². The number of rotatable bonds is 1. The predicted octanol–water partition coefficient (Wildman–Crippen LogP) is 11.5. The molecule has 0 saturated carbocycles. The van der Waals surface area contributed by atoms with Crippen molar-refractivity contribution < 1.29 is 4.79 Å². The summed E-state index contributed by atoms with van der Waals surface area (Å²) in [5, 5.41) is 4.08. The maximum absolute atomic E-state index is 13.1. The number of benzene rings is 1. The molecule has 1 amide bonds. The highest BCUT2D eigenvalue weighted by molar-refractivity contribution is 7.07. The van der Waals surface area contributed by atoms with Gasteiger partial charge in [-0.25, -0.2) is 0 Å². The van der Waals surface area contributed by atoms with Gasteiger partial charge >= 0.3 is 0 Å². The minimum absolute atomic E-state index is 0.106. The summed E-state index contributed by atoms with van der Waals surface area (Å²) in [4.78, 5) is 15.1. The van der Waals surface area contributed by atoms with Gasteiger partial charge < -0.3 is 9.47 Å². The van der Waals surface area contributed by atoms with Gasteiger partial charge in [-0.05, 0) is 41.9 Å². The summed E-state index contributed by atoms with van der Waals surface area (Å²) in [7, 11) is 0. The van der Waals surface area contributed by atoms with Crippen LogP contribution < -0.4 is 0 Å². The maximum Gasteiger partial charge on any atom is 0.254 e. The molecule has 0 fully saturated rings. The maximum atomic E-state index is 13.1. The molecule has 1 aliphatic heterocycles. The zero-order chi connectivity index (χ0) is 31.3. The first-order valence-corrected chi connectivity index (χ1v) is 16.5. The van der Waals surface area contributed by atoms with Crippen molar-refractivity contribution in [2.45, 2.75) is 109 Å². The Kier molecular flexibility index (Phi) is 30.3. The average molecular weight is 569 g/mol. The minimum atomic E-state index is 0.106. The van der Waals surface area contributed by atoms with Gasteiger partial charge in [-0.15, -0.1) is 0 Å². The first-order chi connectivity index (χ1) is 19.7. The van der Waals surface area contributed by atoms with Crippen LogP contribution in [0.5, 0.6) is 0 Å². The Morgan fingerprint density at radius 2 is 1.25 bits per heavy atom. The normalized spacial score (nSPS) is 14.8. The number of allylic oxidation sites excluding steroid dienone is 2. The van der Waals surface area contributed by atoms with Gasteiger partial charge in [0.25, 0.3) is 5.91 Å². The van der Waals surface area contributed by atoms with Crippen LogP contribution in [0.3, 0.4) is 0 Å². The summed E-state index contributed by atoms with van der Waals surface area (Å²) in [6.07, 6.45) is 10.6. The number of fused-ring (bicyclic) bond motifs is 2. The fraction of sp³-hybridized carbons (Fsp3) is 0.472. The number of aromatic nitrogens is 1. The van der Waals surface area contributed by atoms with Crippen LogP contribution in [0.4, 0.5) is 0 Å². The SMILES string of the molecule is CC.CC.CC.CC.CC.CC.Cc1ccc(C(=O)N2Cc3cccn3CC3C=CC=CC32)cc1.c1ccsc1. The fourth-order valence-electron chi connectivity index (χ4n) is 3.72. The Bertz CT molecular complexity index is 951. The van der Waals surface area contributed by atoms with Gasteiger partial charge in [0, 0.05) is 29.9 Å². The quantitative estimate of drug-likeness (QED) is 0.286. The first-order valence-electron chi connectivity index (χ1n) is 15.6. The Morgan fingerprint density at radius 1 is 0.725 bits per heavy atom. The Morgan fingerprint density at radius 3 is 1.75 bits per heavy atom. The molecule has 5 rings (SSSR count).